The second kappa shape index (κ2) is 13.7. The Labute approximate surface area is 315 Å². The van der Waals surface area contributed by atoms with Gasteiger partial charge in [-0.2, -0.15) is 0 Å². The predicted octanol–water partition coefficient (Wildman–Crippen LogP) is 13.1. The summed E-state index contributed by atoms with van der Waals surface area (Å²) in [6, 6.07) is 67.3. The molecule has 0 saturated heterocycles. The average Bonchev–Trinajstić information content (AvgIpc) is 3.60. The summed E-state index contributed by atoms with van der Waals surface area (Å²) in [7, 11) is 0. The Morgan fingerprint density at radius 3 is 1.87 bits per heavy atom. The lowest BCUT2D eigenvalue weighted by Gasteiger charge is -2.32. The summed E-state index contributed by atoms with van der Waals surface area (Å²) < 4.78 is 6.75. The maximum Gasteiger partial charge on any atom is 0.136 e. The lowest BCUT2D eigenvalue weighted by Crippen LogP contribution is -2.32. The van der Waals surface area contributed by atoms with Crippen LogP contribution in [0.15, 0.2) is 197 Å². The van der Waals surface area contributed by atoms with Gasteiger partial charge in [0.1, 0.15) is 17.3 Å². The molecule has 54 heavy (non-hydrogen) atoms. The molecule has 1 unspecified atom stereocenters. The Bertz CT molecular complexity index is 2780. The average molecular weight is 695 g/mol. The third kappa shape index (κ3) is 5.94. The molecule has 8 aromatic carbocycles. The molecule has 0 spiro atoms. The summed E-state index contributed by atoms with van der Waals surface area (Å²) in [5, 5.41) is 8.47. The maximum atomic E-state index is 6.75. The highest BCUT2D eigenvalue weighted by atomic mass is 16.3. The maximum absolute atomic E-state index is 6.75. The van der Waals surface area contributed by atoms with Crippen LogP contribution in [0.4, 0.5) is 5.69 Å². The van der Waals surface area contributed by atoms with Gasteiger partial charge in [-0.3, -0.25) is 4.99 Å². The zero-order valence-corrected chi connectivity index (χ0v) is 29.8. The fourth-order valence-electron chi connectivity index (χ4n) is 8.22. The minimum Gasteiger partial charge on any atom is -0.456 e. The lowest BCUT2D eigenvalue weighted by atomic mass is 9.86. The van der Waals surface area contributed by atoms with Gasteiger partial charge in [0.2, 0.25) is 0 Å². The second-order valence-corrected chi connectivity index (χ2v) is 14.3. The Morgan fingerprint density at radius 2 is 1.13 bits per heavy atom. The smallest absolute Gasteiger partial charge is 0.136 e. The second-order valence-electron chi connectivity index (χ2n) is 14.3. The van der Waals surface area contributed by atoms with Gasteiger partial charge < -0.3 is 9.73 Å². The molecule has 1 aromatic heterocycles. The summed E-state index contributed by atoms with van der Waals surface area (Å²) >= 11 is 0. The first-order valence-electron chi connectivity index (χ1n) is 18.8. The number of nitrogens with one attached hydrogen (secondary N) is 1. The van der Waals surface area contributed by atoms with Gasteiger partial charge in [-0.25, -0.2) is 0 Å². The molecule has 0 amide bonds. The van der Waals surface area contributed by atoms with Crippen LogP contribution in [0.25, 0.3) is 55.0 Å². The molecule has 9 aromatic rings. The van der Waals surface area contributed by atoms with Gasteiger partial charge in [0.25, 0.3) is 0 Å². The zero-order valence-electron chi connectivity index (χ0n) is 29.8. The van der Waals surface area contributed by atoms with Gasteiger partial charge in [-0.1, -0.05) is 158 Å². The van der Waals surface area contributed by atoms with E-state index < -0.39 is 0 Å². The number of aryl methyl sites for hydroxylation is 1. The minimum atomic E-state index is -0.199. The van der Waals surface area contributed by atoms with E-state index in [1.807, 2.05) is 0 Å². The molecule has 0 fully saturated rings. The third-order valence-corrected chi connectivity index (χ3v) is 11.0. The van der Waals surface area contributed by atoms with Gasteiger partial charge in [-0.15, -0.1) is 0 Å². The van der Waals surface area contributed by atoms with E-state index in [2.05, 4.69) is 193 Å². The van der Waals surface area contributed by atoms with Crippen LogP contribution >= 0.6 is 0 Å². The minimum absolute atomic E-state index is 0.108. The van der Waals surface area contributed by atoms with Crippen molar-refractivity contribution in [3.63, 3.8) is 0 Å². The van der Waals surface area contributed by atoms with E-state index >= 15 is 0 Å². The summed E-state index contributed by atoms with van der Waals surface area (Å²) in [4.78, 5) is 5.76. The molecule has 3 nitrogen and oxygen atoms in total. The third-order valence-electron chi connectivity index (χ3n) is 11.0. The molecule has 1 aliphatic heterocycles. The summed E-state index contributed by atoms with van der Waals surface area (Å²) in [6.45, 7) is 0. The van der Waals surface area contributed by atoms with Crippen molar-refractivity contribution in [2.24, 2.45) is 4.99 Å². The molecule has 0 saturated carbocycles. The number of hydrogen-bond donors (Lipinski definition) is 1. The molecule has 1 N–H and O–H groups in total. The number of hydrogen-bond acceptors (Lipinski definition) is 3. The van der Waals surface area contributed by atoms with Crippen LogP contribution in [0.2, 0.25) is 0 Å². The topological polar surface area (TPSA) is 37.5 Å². The van der Waals surface area contributed by atoms with Crippen LogP contribution < -0.4 is 5.32 Å². The largest absolute Gasteiger partial charge is 0.456 e. The Balaban J connectivity index is 1.17. The van der Waals surface area contributed by atoms with Crippen molar-refractivity contribution in [1.82, 2.24) is 0 Å². The fourth-order valence-corrected chi connectivity index (χ4v) is 8.22. The first-order chi connectivity index (χ1) is 26.7. The highest BCUT2D eigenvalue weighted by Gasteiger charge is 2.30. The van der Waals surface area contributed by atoms with Gasteiger partial charge in [0.15, 0.2) is 0 Å². The number of aliphatic imine (C=N–C) groups is 1. The molecule has 10 rings (SSSR count). The monoisotopic (exact) mass is 694 g/mol. The molecule has 0 aliphatic carbocycles. The lowest BCUT2D eigenvalue weighted by molar-refractivity contribution is 0.539. The SMILES string of the molecule is c1ccc(CC[C@@H](c2ccc(-c3ccccc3)cc2)C2N=C(c3cc(-c4ccccc4)cc4oc5cc6ccccc6cc5c34)c3ccccc3N2)cc1. The van der Waals surface area contributed by atoms with Crippen molar-refractivity contribution in [3.05, 3.63) is 210 Å². The van der Waals surface area contributed by atoms with Gasteiger partial charge in [0.05, 0.1) is 5.71 Å². The standard InChI is InChI=1S/C51H38N2O/c1-4-14-34(15-5-1)24-29-42(38-27-25-37(26-28-38)35-16-6-2-7-17-35)51-52-46-23-13-12-22-43(46)50(53-51)45-31-41(36-18-8-3-9-19-36)33-48-49(45)44-30-39-20-10-11-21-40(39)32-47(44)54-48/h1-23,25-28,30-33,42,51-52H,24,29H2/t42-,51?/m0/s1. The van der Waals surface area contributed by atoms with Crippen LogP contribution in [0, 0.1) is 0 Å². The molecular formula is C51H38N2O. The highest BCUT2D eigenvalue weighted by molar-refractivity contribution is 6.27. The molecule has 0 radical (unpaired) electrons. The number of para-hydroxylation sites is 1. The Hall–Kier alpha value is -6.71. The first-order valence-corrected chi connectivity index (χ1v) is 18.8. The van der Waals surface area contributed by atoms with E-state index in [4.69, 9.17) is 9.41 Å². The quantitative estimate of drug-likeness (QED) is 0.172. The molecule has 3 heteroatoms. The number of furan rings is 1. The zero-order chi connectivity index (χ0) is 35.8. The number of benzene rings is 8. The molecule has 1 aliphatic rings. The van der Waals surface area contributed by atoms with Crippen molar-refractivity contribution >= 4 is 44.1 Å². The van der Waals surface area contributed by atoms with E-state index in [-0.39, 0.29) is 12.1 Å². The highest BCUT2D eigenvalue weighted by Crippen LogP contribution is 2.41. The Kier molecular flexibility index (Phi) is 8.11. The number of rotatable bonds is 8. The van der Waals surface area contributed by atoms with Gasteiger partial charge in [-0.05, 0) is 87.3 Å². The number of fused-ring (bicyclic) bond motifs is 5. The molecule has 258 valence electrons. The van der Waals surface area contributed by atoms with Crippen molar-refractivity contribution in [2.45, 2.75) is 24.9 Å². The van der Waals surface area contributed by atoms with E-state index in [1.165, 1.54) is 27.6 Å². The number of nitrogens with zero attached hydrogens (tertiary/aromatic N) is 1. The summed E-state index contributed by atoms with van der Waals surface area (Å²) in [6.07, 6.45) is 1.69. The first kappa shape index (κ1) is 32.0. The van der Waals surface area contributed by atoms with Crippen molar-refractivity contribution < 1.29 is 4.42 Å². The normalized spacial score (nSPS) is 14.4. The summed E-state index contributed by atoms with van der Waals surface area (Å²) in [5.74, 6) is 0.108. The van der Waals surface area contributed by atoms with Crippen molar-refractivity contribution in [3.8, 4) is 22.3 Å². The van der Waals surface area contributed by atoms with E-state index in [0.29, 0.717) is 0 Å². The van der Waals surface area contributed by atoms with Crippen LogP contribution in [-0.4, -0.2) is 11.9 Å². The van der Waals surface area contributed by atoms with Crippen LogP contribution in [0.1, 0.15) is 34.6 Å². The van der Waals surface area contributed by atoms with Crippen molar-refractivity contribution in [2.75, 3.05) is 5.32 Å². The van der Waals surface area contributed by atoms with Crippen molar-refractivity contribution in [1.29, 1.82) is 0 Å². The predicted molar refractivity (Wildman–Crippen MR) is 226 cm³/mol. The van der Waals surface area contributed by atoms with Crippen LogP contribution in [-0.2, 0) is 6.42 Å². The molecule has 0 bridgehead atoms. The van der Waals surface area contributed by atoms with Gasteiger partial charge in [0, 0.05) is 33.5 Å². The number of anilines is 1. The molecular weight excluding hydrogens is 657 g/mol. The van der Waals surface area contributed by atoms with E-state index in [9.17, 15) is 0 Å². The fraction of sp³-hybridized carbons (Fsp3) is 0.0784. The van der Waals surface area contributed by atoms with Crippen LogP contribution in [0.3, 0.4) is 0 Å². The van der Waals surface area contributed by atoms with E-state index in [1.54, 1.807) is 0 Å². The Morgan fingerprint density at radius 1 is 0.519 bits per heavy atom. The molecule has 2 atom stereocenters. The van der Waals surface area contributed by atoms with Crippen LogP contribution in [0.5, 0.6) is 0 Å². The van der Waals surface area contributed by atoms with E-state index in [0.717, 1.165) is 73.8 Å². The van der Waals surface area contributed by atoms with Gasteiger partial charge >= 0.3 is 0 Å². The summed E-state index contributed by atoms with van der Waals surface area (Å²) in [5.41, 5.74) is 13.3. The molecule has 2 heterocycles.